The Morgan fingerprint density at radius 2 is 1.84 bits per heavy atom. The molecule has 168 valence electrons. The van der Waals surface area contributed by atoms with Crippen LogP contribution in [0.2, 0.25) is 0 Å². The molecule has 7 nitrogen and oxygen atoms in total. The summed E-state index contributed by atoms with van der Waals surface area (Å²) in [6, 6.07) is 12.4. The van der Waals surface area contributed by atoms with E-state index in [2.05, 4.69) is 21.2 Å². The summed E-state index contributed by atoms with van der Waals surface area (Å²) in [7, 11) is -0.848. The average Bonchev–Trinajstić information content (AvgIpc) is 2.78. The van der Waals surface area contributed by atoms with Crippen molar-refractivity contribution in [3.05, 3.63) is 52.5 Å². The van der Waals surface area contributed by atoms with E-state index < -0.39 is 10.0 Å². The van der Waals surface area contributed by atoms with Gasteiger partial charge < -0.3 is 14.8 Å². The van der Waals surface area contributed by atoms with E-state index in [0.29, 0.717) is 18.6 Å². The number of hydrogen-bond acceptors (Lipinski definition) is 5. The van der Waals surface area contributed by atoms with Gasteiger partial charge in [0, 0.05) is 29.5 Å². The molecule has 1 heterocycles. The number of hydrogen-bond donors (Lipinski definition) is 1. The summed E-state index contributed by atoms with van der Waals surface area (Å²) in [5.41, 5.74) is 1.01. The molecule has 1 atom stereocenters. The van der Waals surface area contributed by atoms with E-state index >= 15 is 0 Å². The van der Waals surface area contributed by atoms with Crippen LogP contribution in [0, 0.1) is 5.92 Å². The van der Waals surface area contributed by atoms with Crippen LogP contribution in [-0.4, -0.2) is 45.9 Å². The van der Waals surface area contributed by atoms with Crippen molar-refractivity contribution in [2.45, 2.75) is 30.7 Å². The highest BCUT2D eigenvalue weighted by atomic mass is 79.9. The summed E-state index contributed by atoms with van der Waals surface area (Å²) >= 11 is 3.44. The number of carbonyl (C=O) groups excluding carboxylic acids is 1. The van der Waals surface area contributed by atoms with Crippen LogP contribution < -0.4 is 14.8 Å². The minimum absolute atomic E-state index is 0.0523. The molecule has 0 unspecified atom stereocenters. The van der Waals surface area contributed by atoms with Gasteiger partial charge in [0.05, 0.1) is 20.3 Å². The van der Waals surface area contributed by atoms with E-state index in [4.69, 9.17) is 9.47 Å². The second-order valence-electron chi connectivity index (χ2n) is 7.48. The third-order valence-corrected chi connectivity index (χ3v) is 7.93. The smallest absolute Gasteiger partial charge is 0.246 e. The lowest BCUT2D eigenvalue weighted by Gasteiger charge is -2.31. The Bertz CT molecular complexity index is 1040. The van der Waals surface area contributed by atoms with E-state index in [1.807, 2.05) is 31.2 Å². The molecule has 1 saturated heterocycles. The van der Waals surface area contributed by atoms with Crippen molar-refractivity contribution in [2.75, 3.05) is 27.3 Å². The van der Waals surface area contributed by atoms with Crippen LogP contribution in [0.15, 0.2) is 51.8 Å². The van der Waals surface area contributed by atoms with Crippen LogP contribution in [0.5, 0.6) is 11.5 Å². The van der Waals surface area contributed by atoms with Crippen LogP contribution in [0.4, 0.5) is 0 Å². The number of amides is 1. The summed E-state index contributed by atoms with van der Waals surface area (Å²) in [5.74, 6) is 0.426. The minimum Gasteiger partial charge on any atom is -0.497 e. The van der Waals surface area contributed by atoms with Crippen molar-refractivity contribution < 1.29 is 22.7 Å². The Hall–Kier alpha value is -2.10. The monoisotopic (exact) mass is 510 g/mol. The zero-order valence-corrected chi connectivity index (χ0v) is 20.2. The van der Waals surface area contributed by atoms with Gasteiger partial charge in [0.15, 0.2) is 0 Å². The highest BCUT2D eigenvalue weighted by molar-refractivity contribution is 9.10. The maximum atomic E-state index is 13.2. The number of benzene rings is 2. The van der Waals surface area contributed by atoms with E-state index in [9.17, 15) is 13.2 Å². The summed E-state index contributed by atoms with van der Waals surface area (Å²) in [4.78, 5) is 12.8. The van der Waals surface area contributed by atoms with Gasteiger partial charge in [-0.3, -0.25) is 4.79 Å². The van der Waals surface area contributed by atoms with E-state index in [-0.39, 0.29) is 41.6 Å². The average molecular weight is 511 g/mol. The molecular weight excluding hydrogens is 484 g/mol. The van der Waals surface area contributed by atoms with Gasteiger partial charge in [-0.1, -0.05) is 28.1 Å². The van der Waals surface area contributed by atoms with E-state index in [0.717, 1.165) is 10.0 Å². The van der Waals surface area contributed by atoms with Gasteiger partial charge in [0.25, 0.3) is 0 Å². The molecule has 1 amide bonds. The molecular formula is C22H27BrN2O5S. The molecule has 1 N–H and O–H groups in total. The summed E-state index contributed by atoms with van der Waals surface area (Å²) < 4.78 is 39.2. The molecule has 0 saturated carbocycles. The summed E-state index contributed by atoms with van der Waals surface area (Å²) in [6.07, 6.45) is 0.922. The first-order valence-electron chi connectivity index (χ1n) is 10.0. The highest BCUT2D eigenvalue weighted by Gasteiger charge is 2.34. The van der Waals surface area contributed by atoms with Crippen molar-refractivity contribution in [2.24, 2.45) is 5.92 Å². The lowest BCUT2D eigenvalue weighted by atomic mass is 9.96. The van der Waals surface area contributed by atoms with E-state index in [1.165, 1.54) is 24.6 Å². The molecule has 0 aromatic heterocycles. The first kappa shape index (κ1) is 23.6. The second-order valence-corrected chi connectivity index (χ2v) is 10.3. The van der Waals surface area contributed by atoms with Gasteiger partial charge in [0.1, 0.15) is 16.4 Å². The Morgan fingerprint density at radius 1 is 1.13 bits per heavy atom. The van der Waals surface area contributed by atoms with E-state index in [1.54, 1.807) is 12.1 Å². The molecule has 0 radical (unpaired) electrons. The van der Waals surface area contributed by atoms with Crippen molar-refractivity contribution in [1.29, 1.82) is 0 Å². The molecule has 1 fully saturated rings. The Balaban J connectivity index is 1.65. The predicted molar refractivity (Wildman–Crippen MR) is 122 cm³/mol. The third-order valence-electron chi connectivity index (χ3n) is 5.52. The minimum atomic E-state index is -3.77. The fraction of sp³-hybridized carbons (Fsp3) is 0.409. The normalized spacial score (nSPS) is 16.5. The van der Waals surface area contributed by atoms with Gasteiger partial charge in [-0.25, -0.2) is 8.42 Å². The number of methoxy groups -OCH3 is 2. The zero-order chi connectivity index (χ0) is 22.6. The molecule has 0 spiro atoms. The maximum absolute atomic E-state index is 13.2. The zero-order valence-electron chi connectivity index (χ0n) is 17.8. The number of nitrogens with zero attached hydrogens (tertiary/aromatic N) is 1. The molecule has 9 heteroatoms. The molecule has 2 aromatic rings. The lowest BCUT2D eigenvalue weighted by molar-refractivity contribution is -0.126. The first-order valence-corrected chi connectivity index (χ1v) is 12.3. The Labute approximate surface area is 191 Å². The molecule has 1 aliphatic rings. The Kier molecular flexibility index (Phi) is 7.61. The summed E-state index contributed by atoms with van der Waals surface area (Å²) in [5, 5.41) is 3.05. The number of nitrogens with one attached hydrogen (secondary N) is 1. The molecule has 3 rings (SSSR count). The number of rotatable bonds is 7. The number of sulfonamides is 1. The van der Waals surface area contributed by atoms with Crippen LogP contribution in [0.3, 0.4) is 0 Å². The molecule has 1 aliphatic heterocycles. The van der Waals surface area contributed by atoms with Crippen molar-refractivity contribution in [3.63, 3.8) is 0 Å². The highest BCUT2D eigenvalue weighted by Crippen LogP contribution is 2.32. The number of halogens is 1. The summed E-state index contributed by atoms with van der Waals surface area (Å²) in [6.45, 7) is 2.48. The molecule has 2 aromatic carbocycles. The molecule has 31 heavy (non-hydrogen) atoms. The maximum Gasteiger partial charge on any atom is 0.246 e. The second kappa shape index (κ2) is 10.0. The van der Waals surface area contributed by atoms with Gasteiger partial charge >= 0.3 is 0 Å². The first-order chi connectivity index (χ1) is 14.8. The number of piperidine rings is 1. The van der Waals surface area contributed by atoms with Crippen molar-refractivity contribution in [3.8, 4) is 11.5 Å². The fourth-order valence-corrected chi connectivity index (χ4v) is 5.73. The van der Waals surface area contributed by atoms with Crippen LogP contribution in [-0.2, 0) is 14.8 Å². The topological polar surface area (TPSA) is 84.9 Å². The van der Waals surface area contributed by atoms with Gasteiger partial charge in [0.2, 0.25) is 15.9 Å². The fourth-order valence-electron chi connectivity index (χ4n) is 3.67. The molecule has 0 aliphatic carbocycles. The van der Waals surface area contributed by atoms with Crippen molar-refractivity contribution >= 4 is 31.9 Å². The van der Waals surface area contributed by atoms with Gasteiger partial charge in [-0.2, -0.15) is 4.31 Å². The quantitative estimate of drug-likeness (QED) is 0.613. The van der Waals surface area contributed by atoms with Crippen LogP contribution in [0.25, 0.3) is 0 Å². The third kappa shape index (κ3) is 5.39. The van der Waals surface area contributed by atoms with Gasteiger partial charge in [-0.15, -0.1) is 0 Å². The molecule has 0 bridgehead atoms. The number of ether oxygens (including phenoxy) is 2. The number of carbonyl (C=O) groups is 1. The van der Waals surface area contributed by atoms with Crippen LogP contribution >= 0.6 is 15.9 Å². The standard InChI is InChI=1S/C22H27BrN2O5S/c1-15(17-5-4-6-18(23)13-17)24-22(26)16-9-11-25(12-10-16)31(27,28)21-14-19(29-2)7-8-20(21)30-3/h4-8,13-16H,9-12H2,1-3H3,(H,24,26)/t15-/m1/s1. The Morgan fingerprint density at radius 3 is 2.45 bits per heavy atom. The predicted octanol–water partition coefficient (Wildman–Crippen LogP) is 3.74. The van der Waals surface area contributed by atoms with Gasteiger partial charge in [-0.05, 0) is 49.6 Å². The van der Waals surface area contributed by atoms with Crippen molar-refractivity contribution in [1.82, 2.24) is 9.62 Å². The SMILES string of the molecule is COc1ccc(OC)c(S(=O)(=O)N2CCC(C(=O)N[C@H](C)c3cccc(Br)c3)CC2)c1. The lowest BCUT2D eigenvalue weighted by Crippen LogP contribution is -2.43. The van der Waals surface area contributed by atoms with Crippen LogP contribution in [0.1, 0.15) is 31.4 Å². The largest absolute Gasteiger partial charge is 0.497 e.